The molecule has 2 aliphatic heterocycles. The molecule has 0 saturated carbocycles. The van der Waals surface area contributed by atoms with E-state index >= 15 is 0 Å². The molecule has 4 N–H and O–H groups in total. The number of halogens is 2. The molecule has 0 spiro atoms. The maximum absolute atomic E-state index is 11.4. The Morgan fingerprint density at radius 1 is 1.50 bits per heavy atom. The first kappa shape index (κ1) is 17.7. The second-order valence-electron chi connectivity index (χ2n) is 4.35. The highest BCUT2D eigenvalue weighted by Crippen LogP contribution is 2.36. The van der Waals surface area contributed by atoms with Crippen molar-refractivity contribution >= 4 is 48.5 Å². The van der Waals surface area contributed by atoms with Crippen LogP contribution in [0.2, 0.25) is 0 Å². The first-order valence-electron chi connectivity index (χ1n) is 5.61. The Bertz CT molecular complexity index is 319. The Morgan fingerprint density at radius 3 is 2.72 bits per heavy atom. The van der Waals surface area contributed by atoms with E-state index in [0.717, 1.165) is 18.6 Å². The quantitative estimate of drug-likeness (QED) is 0.674. The molecular weight excluding hydrogens is 297 g/mol. The van der Waals surface area contributed by atoms with E-state index in [0.29, 0.717) is 0 Å². The van der Waals surface area contributed by atoms with Gasteiger partial charge in [0.05, 0.1) is 18.0 Å². The van der Waals surface area contributed by atoms with Crippen molar-refractivity contribution in [3.8, 4) is 0 Å². The van der Waals surface area contributed by atoms with Crippen molar-refractivity contribution in [3.63, 3.8) is 0 Å². The van der Waals surface area contributed by atoms with Gasteiger partial charge in [-0.1, -0.05) is 13.3 Å². The van der Waals surface area contributed by atoms with Gasteiger partial charge in [0, 0.05) is 11.0 Å². The third-order valence-electron chi connectivity index (χ3n) is 3.23. The molecule has 0 aromatic carbocycles. The van der Waals surface area contributed by atoms with Crippen molar-refractivity contribution in [2.45, 2.75) is 37.1 Å². The molecule has 2 rings (SSSR count). The first-order chi connectivity index (χ1) is 7.63. The standard InChI is InChI=1S/C10H17N3O2S.2ClH/c1-2-3-5(9(11)14)8-7-6(4-16-8)12-10(15)13-7;;/h5-8H,2-4H2,1H3,(H2,11,14)(H2,12,13,15);2*1H/t5?,6-,7-,8-;;/m0../s1. The number of nitrogens with one attached hydrogen (secondary N) is 2. The minimum Gasteiger partial charge on any atom is -0.369 e. The summed E-state index contributed by atoms with van der Waals surface area (Å²) in [6, 6.07) is 0.0859. The number of fused-ring (bicyclic) bond motifs is 1. The Balaban J connectivity index is 0.00000144. The summed E-state index contributed by atoms with van der Waals surface area (Å²) in [4.78, 5) is 22.6. The second kappa shape index (κ2) is 7.31. The number of carbonyl (C=O) groups is 2. The molecule has 3 amide bonds. The van der Waals surface area contributed by atoms with Gasteiger partial charge in [0.15, 0.2) is 0 Å². The topological polar surface area (TPSA) is 84.2 Å². The molecule has 2 fully saturated rings. The van der Waals surface area contributed by atoms with Crippen molar-refractivity contribution in [1.82, 2.24) is 10.6 Å². The van der Waals surface area contributed by atoms with Crippen LogP contribution in [0.15, 0.2) is 0 Å². The lowest BCUT2D eigenvalue weighted by Crippen LogP contribution is -2.44. The number of rotatable bonds is 4. The molecule has 0 aromatic rings. The Kier molecular flexibility index (Phi) is 7.17. The summed E-state index contributed by atoms with van der Waals surface area (Å²) < 4.78 is 0. The molecule has 2 heterocycles. The number of thioether (sulfide) groups is 1. The number of hydrogen-bond donors (Lipinski definition) is 3. The molecule has 106 valence electrons. The molecule has 18 heavy (non-hydrogen) atoms. The van der Waals surface area contributed by atoms with Crippen LogP contribution in [0.25, 0.3) is 0 Å². The van der Waals surface area contributed by atoms with E-state index in [2.05, 4.69) is 10.6 Å². The number of hydrogen-bond acceptors (Lipinski definition) is 3. The van der Waals surface area contributed by atoms with Crippen molar-refractivity contribution in [3.05, 3.63) is 0 Å². The summed E-state index contributed by atoms with van der Waals surface area (Å²) in [6.07, 6.45) is 1.73. The van der Waals surface area contributed by atoms with Crippen molar-refractivity contribution < 1.29 is 9.59 Å². The highest BCUT2D eigenvalue weighted by molar-refractivity contribution is 8.00. The van der Waals surface area contributed by atoms with E-state index in [1.165, 1.54) is 0 Å². The van der Waals surface area contributed by atoms with E-state index in [9.17, 15) is 9.59 Å². The van der Waals surface area contributed by atoms with Crippen LogP contribution >= 0.6 is 36.6 Å². The van der Waals surface area contributed by atoms with Gasteiger partial charge in [-0.25, -0.2) is 4.79 Å². The maximum Gasteiger partial charge on any atom is 0.315 e. The fourth-order valence-corrected chi connectivity index (χ4v) is 4.16. The van der Waals surface area contributed by atoms with Crippen molar-refractivity contribution in [1.29, 1.82) is 0 Å². The lowest BCUT2D eigenvalue weighted by molar-refractivity contribution is -0.122. The third kappa shape index (κ3) is 3.36. The molecule has 0 aliphatic carbocycles. The molecule has 8 heteroatoms. The predicted molar refractivity (Wildman–Crippen MR) is 77.6 cm³/mol. The molecule has 2 saturated heterocycles. The van der Waals surface area contributed by atoms with E-state index in [1.54, 1.807) is 11.8 Å². The molecule has 0 aromatic heterocycles. The molecular formula is C10H19Cl2N3O2S. The number of amides is 3. The van der Waals surface area contributed by atoms with E-state index in [1.807, 2.05) is 6.92 Å². The SMILES string of the molecule is CCCC(C(N)=O)[C@@H]1SC[C@@H]2NC(=O)N[C@@H]21.Cl.Cl. The van der Waals surface area contributed by atoms with Crippen LogP contribution in [-0.4, -0.2) is 35.0 Å². The minimum absolute atomic E-state index is 0. The highest BCUT2D eigenvalue weighted by atomic mass is 35.5. The zero-order valence-electron chi connectivity index (χ0n) is 10.0. The minimum atomic E-state index is -0.249. The summed E-state index contributed by atoms with van der Waals surface area (Å²) in [6.45, 7) is 2.04. The fourth-order valence-electron chi connectivity index (χ4n) is 2.47. The van der Waals surface area contributed by atoms with Gasteiger partial charge >= 0.3 is 6.03 Å². The predicted octanol–water partition coefficient (Wildman–Crippen LogP) is 0.897. The summed E-state index contributed by atoms with van der Waals surface area (Å²) >= 11 is 1.73. The normalized spacial score (nSPS) is 30.3. The third-order valence-corrected chi connectivity index (χ3v) is 4.79. The van der Waals surface area contributed by atoms with Gasteiger partial charge in [-0.15, -0.1) is 24.8 Å². The Morgan fingerprint density at radius 2 is 2.17 bits per heavy atom. The molecule has 1 unspecified atom stereocenters. The van der Waals surface area contributed by atoms with Gasteiger partial charge in [0.1, 0.15) is 0 Å². The zero-order chi connectivity index (χ0) is 11.7. The molecule has 0 bridgehead atoms. The fraction of sp³-hybridized carbons (Fsp3) is 0.800. The summed E-state index contributed by atoms with van der Waals surface area (Å²) in [7, 11) is 0. The van der Waals surface area contributed by atoms with Crippen molar-refractivity contribution in [2.24, 2.45) is 11.7 Å². The first-order valence-corrected chi connectivity index (χ1v) is 6.66. The second-order valence-corrected chi connectivity index (χ2v) is 5.56. The van der Waals surface area contributed by atoms with E-state index < -0.39 is 0 Å². The van der Waals surface area contributed by atoms with Gasteiger partial charge in [0.25, 0.3) is 0 Å². The van der Waals surface area contributed by atoms with Crippen LogP contribution < -0.4 is 16.4 Å². The highest BCUT2D eigenvalue weighted by Gasteiger charge is 2.47. The van der Waals surface area contributed by atoms with Crippen LogP contribution in [0.5, 0.6) is 0 Å². The van der Waals surface area contributed by atoms with Gasteiger partial charge < -0.3 is 16.4 Å². The Hall–Kier alpha value is -0.330. The van der Waals surface area contributed by atoms with Gasteiger partial charge in [-0.2, -0.15) is 11.8 Å². The van der Waals surface area contributed by atoms with Crippen LogP contribution in [0.1, 0.15) is 19.8 Å². The molecule has 5 nitrogen and oxygen atoms in total. The lowest BCUT2D eigenvalue weighted by atomic mass is 9.92. The summed E-state index contributed by atoms with van der Waals surface area (Å²) in [5, 5.41) is 5.87. The summed E-state index contributed by atoms with van der Waals surface area (Å²) in [5.41, 5.74) is 5.43. The monoisotopic (exact) mass is 315 g/mol. The van der Waals surface area contributed by atoms with Gasteiger partial charge in [-0.3, -0.25) is 4.79 Å². The van der Waals surface area contributed by atoms with Crippen LogP contribution in [0, 0.1) is 5.92 Å². The molecule has 4 atom stereocenters. The Labute approximate surface area is 123 Å². The maximum atomic E-state index is 11.4. The molecule has 0 radical (unpaired) electrons. The van der Waals surface area contributed by atoms with Crippen LogP contribution in [0.4, 0.5) is 4.79 Å². The van der Waals surface area contributed by atoms with Crippen LogP contribution in [0.3, 0.4) is 0 Å². The smallest absolute Gasteiger partial charge is 0.315 e. The number of carbonyl (C=O) groups excluding carboxylic acids is 2. The van der Waals surface area contributed by atoms with Gasteiger partial charge in [0.2, 0.25) is 5.91 Å². The average molecular weight is 316 g/mol. The van der Waals surface area contributed by atoms with E-state index in [4.69, 9.17) is 5.73 Å². The summed E-state index contributed by atoms with van der Waals surface area (Å²) in [5.74, 6) is 0.480. The van der Waals surface area contributed by atoms with Gasteiger partial charge in [-0.05, 0) is 6.42 Å². The molecule has 2 aliphatic rings. The van der Waals surface area contributed by atoms with Crippen LogP contribution in [-0.2, 0) is 4.79 Å². The number of nitrogens with two attached hydrogens (primary N) is 1. The van der Waals surface area contributed by atoms with E-state index in [-0.39, 0.29) is 60.0 Å². The largest absolute Gasteiger partial charge is 0.369 e. The number of urea groups is 1. The lowest BCUT2D eigenvalue weighted by Gasteiger charge is -2.24. The number of primary amides is 1. The van der Waals surface area contributed by atoms with Crippen molar-refractivity contribution in [2.75, 3.05) is 5.75 Å². The average Bonchev–Trinajstić information content (AvgIpc) is 2.73. The zero-order valence-corrected chi connectivity index (χ0v) is 12.5.